The molecule has 2 aromatic rings. The lowest BCUT2D eigenvalue weighted by Gasteiger charge is -2.39. The average molecular weight is 527 g/mol. The molecule has 0 bridgehead atoms. The van der Waals surface area contributed by atoms with Crippen LogP contribution in [0.15, 0.2) is 58.3 Å². The molecular formula is C29H42N4OS2. The van der Waals surface area contributed by atoms with Gasteiger partial charge in [-0.3, -0.25) is 14.6 Å². The van der Waals surface area contributed by atoms with E-state index in [4.69, 9.17) is 0 Å². The van der Waals surface area contributed by atoms with E-state index >= 15 is 0 Å². The maximum absolute atomic E-state index is 14.5. The SMILES string of the molecule is CNCC(C(=O)C(CNC)N1CCC[C@@H]1c1ccccc1SC)N1CCC[C@@H]1c1ccccc1SC. The highest BCUT2D eigenvalue weighted by Crippen LogP contribution is 2.41. The van der Waals surface area contributed by atoms with E-state index in [-0.39, 0.29) is 24.2 Å². The summed E-state index contributed by atoms with van der Waals surface area (Å²) in [4.78, 5) is 22.1. The molecule has 4 rings (SSSR count). The third-order valence-electron chi connectivity index (χ3n) is 7.84. The highest BCUT2D eigenvalue weighted by molar-refractivity contribution is 7.98. The fourth-order valence-electron chi connectivity index (χ4n) is 6.25. The van der Waals surface area contributed by atoms with Gasteiger partial charge in [0.15, 0.2) is 5.78 Å². The molecule has 2 fully saturated rings. The summed E-state index contributed by atoms with van der Waals surface area (Å²) in [5, 5.41) is 6.73. The van der Waals surface area contributed by atoms with Crippen LogP contribution < -0.4 is 10.6 Å². The molecule has 0 aromatic heterocycles. The standard InChI is InChI=1S/C29H42N4OS2/c1-30-19-25(32-17-9-13-23(32)21-11-5-7-15-27(21)35-3)29(34)26(20-31-2)33-18-10-14-24(33)22-12-6-8-16-28(22)36-4/h5-8,11-12,15-16,23-26,30-31H,9-10,13-14,17-20H2,1-4H3/t23-,24-,25?,26?/m1/s1. The molecule has 2 heterocycles. The van der Waals surface area contributed by atoms with Gasteiger partial charge < -0.3 is 10.6 Å². The van der Waals surface area contributed by atoms with E-state index in [1.807, 2.05) is 14.1 Å². The lowest BCUT2D eigenvalue weighted by Crippen LogP contribution is -2.56. The molecule has 0 saturated carbocycles. The topological polar surface area (TPSA) is 47.6 Å². The Bertz CT molecular complexity index is 925. The number of carbonyl (C=O) groups excluding carboxylic acids is 1. The maximum atomic E-state index is 14.5. The molecule has 2 aromatic carbocycles. The lowest BCUT2D eigenvalue weighted by molar-refractivity contribution is -0.130. The molecule has 2 aliphatic rings. The summed E-state index contributed by atoms with van der Waals surface area (Å²) in [5.74, 6) is 0.348. The van der Waals surface area contributed by atoms with Crippen LogP contribution in [0.1, 0.15) is 48.9 Å². The Morgan fingerprint density at radius 1 is 0.806 bits per heavy atom. The van der Waals surface area contributed by atoms with Crippen molar-refractivity contribution >= 4 is 29.3 Å². The van der Waals surface area contributed by atoms with Crippen LogP contribution in [0.5, 0.6) is 0 Å². The quantitative estimate of drug-likeness (QED) is 0.384. The van der Waals surface area contributed by atoms with Crippen LogP contribution >= 0.6 is 23.5 Å². The van der Waals surface area contributed by atoms with E-state index in [0.717, 1.165) is 38.8 Å². The Hall–Kier alpha value is -1.35. The first-order chi connectivity index (χ1) is 17.6. The molecule has 36 heavy (non-hydrogen) atoms. The van der Waals surface area contributed by atoms with Crippen molar-refractivity contribution in [3.8, 4) is 0 Å². The van der Waals surface area contributed by atoms with E-state index in [1.165, 1.54) is 20.9 Å². The monoisotopic (exact) mass is 526 g/mol. The predicted molar refractivity (Wildman–Crippen MR) is 154 cm³/mol. The summed E-state index contributed by atoms with van der Waals surface area (Å²) in [6.07, 6.45) is 8.77. The zero-order valence-electron chi connectivity index (χ0n) is 22.2. The number of likely N-dealkylation sites (N-methyl/N-ethyl adjacent to an activating group) is 2. The Labute approximate surface area is 226 Å². The molecule has 2 saturated heterocycles. The zero-order chi connectivity index (χ0) is 25.5. The number of Topliss-reactive ketones (excluding diaryl/α,β-unsaturated/α-hetero) is 1. The van der Waals surface area contributed by atoms with E-state index < -0.39 is 0 Å². The molecule has 2 N–H and O–H groups in total. The van der Waals surface area contributed by atoms with E-state index in [2.05, 4.69) is 81.5 Å². The fourth-order valence-corrected chi connectivity index (χ4v) is 7.56. The van der Waals surface area contributed by atoms with Gasteiger partial charge in [0.2, 0.25) is 0 Å². The highest BCUT2D eigenvalue weighted by Gasteiger charge is 2.42. The first kappa shape index (κ1) is 27.7. The zero-order valence-corrected chi connectivity index (χ0v) is 23.8. The van der Waals surface area contributed by atoms with Crippen molar-refractivity contribution in [3.05, 3.63) is 59.7 Å². The van der Waals surface area contributed by atoms with Gasteiger partial charge in [-0.2, -0.15) is 0 Å². The van der Waals surface area contributed by atoms with Crippen molar-refractivity contribution in [2.75, 3.05) is 52.8 Å². The van der Waals surface area contributed by atoms with E-state index in [0.29, 0.717) is 18.9 Å². The second kappa shape index (κ2) is 13.4. The van der Waals surface area contributed by atoms with Gasteiger partial charge >= 0.3 is 0 Å². The molecule has 0 amide bonds. The molecule has 7 heteroatoms. The Balaban J connectivity index is 1.64. The summed E-state index contributed by atoms with van der Waals surface area (Å²) in [5.41, 5.74) is 2.74. The molecule has 4 atom stereocenters. The number of benzene rings is 2. The number of nitrogens with zero attached hydrogens (tertiary/aromatic N) is 2. The molecule has 2 aliphatic heterocycles. The van der Waals surface area contributed by atoms with Gasteiger partial charge in [0.25, 0.3) is 0 Å². The molecule has 0 radical (unpaired) electrons. The number of nitrogens with one attached hydrogen (secondary N) is 2. The van der Waals surface area contributed by atoms with Crippen molar-refractivity contribution in [2.45, 2.75) is 59.6 Å². The molecular weight excluding hydrogens is 484 g/mol. The van der Waals surface area contributed by atoms with E-state index in [1.54, 1.807) is 23.5 Å². The molecule has 2 unspecified atom stereocenters. The van der Waals surface area contributed by atoms with Crippen molar-refractivity contribution in [3.63, 3.8) is 0 Å². The highest BCUT2D eigenvalue weighted by atomic mass is 32.2. The van der Waals surface area contributed by atoms with Gasteiger partial charge in [-0.25, -0.2) is 0 Å². The minimum atomic E-state index is -0.146. The number of thioether (sulfide) groups is 2. The lowest BCUT2D eigenvalue weighted by atomic mass is 9.96. The second-order valence-electron chi connectivity index (χ2n) is 9.82. The van der Waals surface area contributed by atoms with Crippen LogP contribution in [-0.4, -0.2) is 80.5 Å². The average Bonchev–Trinajstić information content (AvgIpc) is 3.60. The third-order valence-corrected chi connectivity index (χ3v) is 9.46. The van der Waals surface area contributed by atoms with Crippen molar-refractivity contribution in [2.24, 2.45) is 0 Å². The summed E-state index contributed by atoms with van der Waals surface area (Å²) >= 11 is 3.61. The Morgan fingerprint density at radius 3 is 1.61 bits per heavy atom. The Kier molecular flexibility index (Phi) is 10.3. The summed E-state index contributed by atoms with van der Waals surface area (Å²) in [6.45, 7) is 3.29. The normalized spacial score (nSPS) is 22.7. The van der Waals surface area contributed by atoms with E-state index in [9.17, 15) is 4.79 Å². The van der Waals surface area contributed by atoms with Crippen LogP contribution in [0.25, 0.3) is 0 Å². The van der Waals surface area contributed by atoms with Crippen molar-refractivity contribution < 1.29 is 4.79 Å². The minimum absolute atomic E-state index is 0.146. The summed E-state index contributed by atoms with van der Waals surface area (Å²) in [7, 11) is 3.95. The fraction of sp³-hybridized carbons (Fsp3) is 0.552. The third kappa shape index (κ3) is 5.87. The predicted octanol–water partition coefficient (Wildman–Crippen LogP) is 4.85. The van der Waals surface area contributed by atoms with Crippen LogP contribution in [0.4, 0.5) is 0 Å². The first-order valence-electron chi connectivity index (χ1n) is 13.2. The van der Waals surface area contributed by atoms with Crippen LogP contribution in [0.3, 0.4) is 0 Å². The van der Waals surface area contributed by atoms with Gasteiger partial charge in [0.1, 0.15) is 0 Å². The summed E-state index contributed by atoms with van der Waals surface area (Å²) in [6, 6.07) is 17.8. The molecule has 5 nitrogen and oxygen atoms in total. The van der Waals surface area contributed by atoms with Crippen LogP contribution in [0.2, 0.25) is 0 Å². The molecule has 0 aliphatic carbocycles. The molecule has 0 spiro atoms. The van der Waals surface area contributed by atoms with Crippen LogP contribution in [-0.2, 0) is 4.79 Å². The number of rotatable bonds is 12. The van der Waals surface area contributed by atoms with Gasteiger partial charge in [0.05, 0.1) is 12.1 Å². The van der Waals surface area contributed by atoms with Gasteiger partial charge in [0, 0.05) is 35.0 Å². The number of hydrogen-bond acceptors (Lipinski definition) is 7. The van der Waals surface area contributed by atoms with Gasteiger partial charge in [-0.15, -0.1) is 23.5 Å². The maximum Gasteiger partial charge on any atom is 0.169 e. The number of hydrogen-bond donors (Lipinski definition) is 2. The van der Waals surface area contributed by atoms with Gasteiger partial charge in [-0.05, 0) is 88.6 Å². The summed E-state index contributed by atoms with van der Waals surface area (Å²) < 4.78 is 0. The van der Waals surface area contributed by atoms with Crippen molar-refractivity contribution in [1.29, 1.82) is 0 Å². The smallest absolute Gasteiger partial charge is 0.169 e. The Morgan fingerprint density at radius 2 is 1.22 bits per heavy atom. The number of carbonyl (C=O) groups is 1. The first-order valence-corrected chi connectivity index (χ1v) is 15.7. The number of ketones is 1. The minimum Gasteiger partial charge on any atom is -0.318 e. The second-order valence-corrected chi connectivity index (χ2v) is 11.5. The largest absolute Gasteiger partial charge is 0.318 e. The molecule has 196 valence electrons. The number of likely N-dealkylation sites (tertiary alicyclic amines) is 2. The van der Waals surface area contributed by atoms with Gasteiger partial charge in [-0.1, -0.05) is 36.4 Å². The van der Waals surface area contributed by atoms with Crippen LogP contribution in [0, 0.1) is 0 Å². The van der Waals surface area contributed by atoms with Crippen molar-refractivity contribution in [1.82, 2.24) is 20.4 Å².